The minimum Gasteiger partial charge on any atom is -0.493 e. The molecule has 1 aromatic rings. The Kier molecular flexibility index (Phi) is 8.29. The van der Waals surface area contributed by atoms with E-state index in [1.807, 2.05) is 6.92 Å². The highest BCUT2D eigenvalue weighted by atomic mass is 16.5. The van der Waals surface area contributed by atoms with Gasteiger partial charge in [0.1, 0.15) is 11.8 Å². The normalized spacial score (nSPS) is 16.6. The van der Waals surface area contributed by atoms with Crippen molar-refractivity contribution < 1.29 is 23.9 Å². The Morgan fingerprint density at radius 2 is 1.96 bits per heavy atom. The third-order valence-electron chi connectivity index (χ3n) is 4.40. The first-order chi connectivity index (χ1) is 13.4. The molecule has 1 aliphatic heterocycles. The van der Waals surface area contributed by atoms with Crippen molar-refractivity contribution >= 4 is 17.8 Å². The van der Waals surface area contributed by atoms with Crippen LogP contribution in [0.3, 0.4) is 0 Å². The van der Waals surface area contributed by atoms with Gasteiger partial charge in [0.25, 0.3) is 5.91 Å². The first kappa shape index (κ1) is 21.7. The van der Waals surface area contributed by atoms with Crippen LogP contribution in [-0.4, -0.2) is 55.0 Å². The van der Waals surface area contributed by atoms with E-state index in [2.05, 4.69) is 19.2 Å². The second-order valence-electron chi connectivity index (χ2n) is 7.31. The molecule has 7 nitrogen and oxygen atoms in total. The zero-order chi connectivity index (χ0) is 20.5. The highest BCUT2D eigenvalue weighted by Gasteiger charge is 2.35. The van der Waals surface area contributed by atoms with Gasteiger partial charge in [0.15, 0.2) is 0 Å². The van der Waals surface area contributed by atoms with Crippen molar-refractivity contribution in [2.45, 2.75) is 46.1 Å². The Hall–Kier alpha value is -2.57. The predicted molar refractivity (Wildman–Crippen MR) is 105 cm³/mol. The van der Waals surface area contributed by atoms with Gasteiger partial charge < -0.3 is 19.7 Å². The average molecular weight is 390 g/mol. The number of carbonyl (C=O) groups is 3. The molecule has 1 aromatic carbocycles. The maximum Gasteiger partial charge on any atom is 0.308 e. The fourth-order valence-electron chi connectivity index (χ4n) is 2.83. The molecule has 7 heteroatoms. The van der Waals surface area contributed by atoms with E-state index in [1.54, 1.807) is 24.3 Å². The van der Waals surface area contributed by atoms with Crippen LogP contribution in [-0.2, 0) is 14.3 Å². The molecule has 1 N–H and O–H groups in total. The fraction of sp³-hybridized carbons (Fsp3) is 0.571. The fourth-order valence-corrected chi connectivity index (χ4v) is 2.83. The molecule has 1 aliphatic rings. The van der Waals surface area contributed by atoms with Gasteiger partial charge in [-0.2, -0.15) is 0 Å². The first-order valence-corrected chi connectivity index (χ1v) is 9.89. The minimum absolute atomic E-state index is 0.142. The Morgan fingerprint density at radius 1 is 1.25 bits per heavy atom. The number of rotatable bonds is 9. The van der Waals surface area contributed by atoms with E-state index in [0.717, 1.165) is 12.8 Å². The highest BCUT2D eigenvalue weighted by Crippen LogP contribution is 2.18. The molecule has 0 bridgehead atoms. The number of carbonyl (C=O) groups excluding carboxylic acids is 3. The Labute approximate surface area is 166 Å². The molecule has 154 valence electrons. The number of unbranched alkanes of at least 4 members (excludes halogenated alkanes) is 1. The van der Waals surface area contributed by atoms with Crippen molar-refractivity contribution in [3.63, 3.8) is 0 Å². The standard InChI is InChI=1S/C21H30N2O5/c1-4-5-12-27-19(24)13-18-20(25)22-10-11-23(18)21(26)16-6-8-17(9-7-16)28-14-15(2)3/h6-9,15,18H,4-5,10-14H2,1-3H3,(H,22,25)/t18-/m1/s1. The smallest absolute Gasteiger partial charge is 0.308 e. The Bertz CT molecular complexity index is 672. The van der Waals surface area contributed by atoms with Crippen molar-refractivity contribution in [2.24, 2.45) is 5.92 Å². The molecule has 0 radical (unpaired) electrons. The third kappa shape index (κ3) is 6.25. The van der Waals surface area contributed by atoms with Crippen molar-refractivity contribution in [2.75, 3.05) is 26.3 Å². The van der Waals surface area contributed by atoms with Crippen LogP contribution in [0.25, 0.3) is 0 Å². The van der Waals surface area contributed by atoms with Crippen LogP contribution in [0, 0.1) is 5.92 Å². The lowest BCUT2D eigenvalue weighted by molar-refractivity contribution is -0.147. The quantitative estimate of drug-likeness (QED) is 0.517. The molecule has 0 aromatic heterocycles. The van der Waals surface area contributed by atoms with Crippen molar-refractivity contribution in [3.8, 4) is 5.75 Å². The lowest BCUT2D eigenvalue weighted by atomic mass is 10.1. The van der Waals surface area contributed by atoms with Gasteiger partial charge in [0.05, 0.1) is 19.6 Å². The third-order valence-corrected chi connectivity index (χ3v) is 4.40. The maximum absolute atomic E-state index is 12.9. The summed E-state index contributed by atoms with van der Waals surface area (Å²) in [5.41, 5.74) is 0.455. The number of hydrogen-bond donors (Lipinski definition) is 1. The summed E-state index contributed by atoms with van der Waals surface area (Å²) in [5.74, 6) is 0.0231. The molecular weight excluding hydrogens is 360 g/mol. The average Bonchev–Trinajstić information content (AvgIpc) is 2.68. The molecular formula is C21H30N2O5. The maximum atomic E-state index is 12.9. The largest absolute Gasteiger partial charge is 0.493 e. The van der Waals surface area contributed by atoms with Gasteiger partial charge in [-0.05, 0) is 36.6 Å². The van der Waals surface area contributed by atoms with Gasteiger partial charge in [-0.15, -0.1) is 0 Å². The summed E-state index contributed by atoms with van der Waals surface area (Å²) in [7, 11) is 0. The van der Waals surface area contributed by atoms with E-state index < -0.39 is 12.0 Å². The van der Waals surface area contributed by atoms with Crippen LogP contribution in [0.4, 0.5) is 0 Å². The number of amides is 2. The van der Waals surface area contributed by atoms with Gasteiger partial charge >= 0.3 is 5.97 Å². The van der Waals surface area contributed by atoms with Gasteiger partial charge in [0.2, 0.25) is 5.91 Å². The molecule has 0 unspecified atom stereocenters. The van der Waals surface area contributed by atoms with Crippen LogP contribution >= 0.6 is 0 Å². The summed E-state index contributed by atoms with van der Waals surface area (Å²) in [4.78, 5) is 38.7. The SMILES string of the molecule is CCCCOC(=O)C[C@@H]1C(=O)NCCN1C(=O)c1ccc(OCC(C)C)cc1. The number of nitrogens with one attached hydrogen (secondary N) is 1. The van der Waals surface area contributed by atoms with E-state index in [4.69, 9.17) is 9.47 Å². The van der Waals surface area contributed by atoms with Gasteiger partial charge in [-0.25, -0.2) is 0 Å². The molecule has 1 heterocycles. The summed E-state index contributed by atoms with van der Waals surface area (Å²) >= 11 is 0. The monoisotopic (exact) mass is 390 g/mol. The van der Waals surface area contributed by atoms with Crippen molar-refractivity contribution in [3.05, 3.63) is 29.8 Å². The van der Waals surface area contributed by atoms with Crippen LogP contribution < -0.4 is 10.1 Å². The number of ether oxygens (including phenoxy) is 2. The first-order valence-electron chi connectivity index (χ1n) is 9.89. The van der Waals surface area contributed by atoms with Crippen molar-refractivity contribution in [1.29, 1.82) is 0 Å². The minimum atomic E-state index is -0.854. The van der Waals surface area contributed by atoms with Crippen LogP contribution in [0.15, 0.2) is 24.3 Å². The zero-order valence-corrected chi connectivity index (χ0v) is 16.9. The highest BCUT2D eigenvalue weighted by molar-refractivity contribution is 5.99. The molecule has 0 spiro atoms. The molecule has 0 saturated carbocycles. The molecule has 28 heavy (non-hydrogen) atoms. The molecule has 1 atom stereocenters. The number of hydrogen-bond acceptors (Lipinski definition) is 5. The summed E-state index contributed by atoms with van der Waals surface area (Å²) in [6, 6.07) is 6.00. The summed E-state index contributed by atoms with van der Waals surface area (Å²) in [6.45, 7) is 7.77. The van der Waals surface area contributed by atoms with Gasteiger partial charge in [0, 0.05) is 18.7 Å². The molecule has 2 amide bonds. The van der Waals surface area contributed by atoms with E-state index in [-0.39, 0.29) is 18.2 Å². The summed E-state index contributed by atoms with van der Waals surface area (Å²) < 4.78 is 10.8. The molecule has 0 aliphatic carbocycles. The number of benzene rings is 1. The number of nitrogens with zero attached hydrogens (tertiary/aromatic N) is 1. The van der Waals surface area contributed by atoms with Crippen LogP contribution in [0.2, 0.25) is 0 Å². The van der Waals surface area contributed by atoms with E-state index in [9.17, 15) is 14.4 Å². The van der Waals surface area contributed by atoms with Gasteiger partial charge in [-0.3, -0.25) is 14.4 Å². The predicted octanol–water partition coefficient (Wildman–Crippen LogP) is 2.40. The van der Waals surface area contributed by atoms with E-state index in [1.165, 1.54) is 4.90 Å². The molecule has 1 fully saturated rings. The van der Waals surface area contributed by atoms with Crippen molar-refractivity contribution in [1.82, 2.24) is 10.2 Å². The number of esters is 1. The summed E-state index contributed by atoms with van der Waals surface area (Å²) in [5, 5.41) is 2.72. The zero-order valence-electron chi connectivity index (χ0n) is 16.9. The molecule has 1 saturated heterocycles. The van der Waals surface area contributed by atoms with Gasteiger partial charge in [-0.1, -0.05) is 27.2 Å². The van der Waals surface area contributed by atoms with E-state index >= 15 is 0 Å². The molecule has 2 rings (SSSR count). The Balaban J connectivity index is 2.03. The van der Waals surface area contributed by atoms with Crippen LogP contribution in [0.1, 0.15) is 50.4 Å². The topological polar surface area (TPSA) is 84.9 Å². The van der Waals surface area contributed by atoms with E-state index in [0.29, 0.717) is 43.5 Å². The second kappa shape index (κ2) is 10.7. The lowest BCUT2D eigenvalue weighted by Gasteiger charge is -2.34. The lowest BCUT2D eigenvalue weighted by Crippen LogP contribution is -2.57. The Morgan fingerprint density at radius 3 is 2.61 bits per heavy atom. The second-order valence-corrected chi connectivity index (χ2v) is 7.31. The number of piperazine rings is 1. The van der Waals surface area contributed by atoms with Crippen LogP contribution in [0.5, 0.6) is 5.75 Å². The summed E-state index contributed by atoms with van der Waals surface area (Å²) in [6.07, 6.45) is 1.55.